The molecule has 3 rings (SSSR count). The Hall–Kier alpha value is -2.93. The fourth-order valence-corrected chi connectivity index (χ4v) is 2.48. The van der Waals surface area contributed by atoms with Gasteiger partial charge in [0, 0.05) is 11.1 Å². The summed E-state index contributed by atoms with van der Waals surface area (Å²) in [6.45, 7) is 0. The molecule has 1 N–H and O–H groups in total. The molecule has 0 aliphatic carbocycles. The van der Waals surface area contributed by atoms with E-state index in [1.165, 1.54) is 0 Å². The van der Waals surface area contributed by atoms with E-state index in [-0.39, 0.29) is 11.0 Å². The second-order valence-corrected chi connectivity index (χ2v) is 5.70. The van der Waals surface area contributed by atoms with Crippen LogP contribution in [0, 0.1) is 0 Å². The second kappa shape index (κ2) is 7.56. The highest BCUT2D eigenvalue weighted by Gasteiger charge is 2.13. The quantitative estimate of drug-likeness (QED) is 0.720. The zero-order chi connectivity index (χ0) is 16.8. The van der Waals surface area contributed by atoms with E-state index in [4.69, 9.17) is 4.42 Å². The monoisotopic (exact) mass is 339 g/mol. The fraction of sp³-hybridized carbons (Fsp3) is 0.0588. The van der Waals surface area contributed by atoms with Crippen molar-refractivity contribution in [2.24, 2.45) is 0 Å². The number of rotatable bonds is 5. The van der Waals surface area contributed by atoms with E-state index in [2.05, 4.69) is 15.5 Å². The van der Waals surface area contributed by atoms with Gasteiger partial charge in [-0.3, -0.25) is 14.9 Å². The number of amides is 2. The lowest BCUT2D eigenvalue weighted by molar-refractivity contribution is -0.117. The topological polar surface area (TPSA) is 85.1 Å². The van der Waals surface area contributed by atoms with E-state index in [0.717, 1.165) is 17.3 Å². The molecule has 3 aromatic rings. The molecule has 0 saturated heterocycles. The Kier molecular flexibility index (Phi) is 5.02. The summed E-state index contributed by atoms with van der Waals surface area (Å²) in [5.74, 6) is -0.460. The van der Waals surface area contributed by atoms with E-state index in [1.807, 2.05) is 30.3 Å². The lowest BCUT2D eigenvalue weighted by Crippen LogP contribution is -2.31. The molecule has 0 radical (unpaired) electrons. The molecule has 120 valence electrons. The van der Waals surface area contributed by atoms with Crippen molar-refractivity contribution in [2.45, 2.75) is 5.22 Å². The summed E-state index contributed by atoms with van der Waals surface area (Å²) in [4.78, 5) is 23.7. The van der Waals surface area contributed by atoms with Gasteiger partial charge in [0.1, 0.15) is 0 Å². The first-order chi connectivity index (χ1) is 11.7. The Bertz CT molecular complexity index is 835. The van der Waals surface area contributed by atoms with Crippen LogP contribution in [0.1, 0.15) is 10.4 Å². The molecule has 0 aliphatic heterocycles. The van der Waals surface area contributed by atoms with Crippen LogP contribution in [0.15, 0.2) is 70.3 Å². The molecule has 0 aliphatic rings. The molecule has 2 amide bonds. The summed E-state index contributed by atoms with van der Waals surface area (Å²) in [6.07, 6.45) is 0. The number of hydrogen-bond acceptors (Lipinski definition) is 6. The van der Waals surface area contributed by atoms with Gasteiger partial charge in [0.05, 0.1) is 5.75 Å². The minimum Gasteiger partial charge on any atom is -0.411 e. The third-order valence-corrected chi connectivity index (χ3v) is 3.86. The lowest BCUT2D eigenvalue weighted by atomic mass is 10.2. The molecule has 7 heteroatoms. The molecule has 2 aromatic carbocycles. The Labute approximate surface area is 142 Å². The first-order valence-electron chi connectivity index (χ1n) is 7.13. The number of hydrogen-bond donors (Lipinski definition) is 1. The maximum absolute atomic E-state index is 11.9. The molecule has 0 spiro atoms. The molecule has 1 aromatic heterocycles. The SMILES string of the molecule is O=C(CSc1nnc(-c2ccccc2)o1)NC(=O)c1ccccc1. The summed E-state index contributed by atoms with van der Waals surface area (Å²) in [5.41, 5.74) is 1.24. The second-order valence-electron chi connectivity index (χ2n) is 4.77. The van der Waals surface area contributed by atoms with Crippen molar-refractivity contribution in [3.8, 4) is 11.5 Å². The van der Waals surface area contributed by atoms with Crippen LogP contribution >= 0.6 is 11.8 Å². The van der Waals surface area contributed by atoms with Gasteiger partial charge in [-0.2, -0.15) is 0 Å². The van der Waals surface area contributed by atoms with Crippen LogP contribution in [-0.4, -0.2) is 27.8 Å². The highest BCUT2D eigenvalue weighted by atomic mass is 32.2. The van der Waals surface area contributed by atoms with Crippen LogP contribution in [-0.2, 0) is 4.79 Å². The highest BCUT2D eigenvalue weighted by Crippen LogP contribution is 2.22. The summed E-state index contributed by atoms with van der Waals surface area (Å²) >= 11 is 1.08. The van der Waals surface area contributed by atoms with Crippen LogP contribution < -0.4 is 5.32 Å². The molecular weight excluding hydrogens is 326 g/mol. The van der Waals surface area contributed by atoms with Crippen molar-refractivity contribution >= 4 is 23.6 Å². The Morgan fingerprint density at radius 2 is 1.62 bits per heavy atom. The average Bonchev–Trinajstić information content (AvgIpc) is 3.10. The Balaban J connectivity index is 1.54. The normalized spacial score (nSPS) is 10.3. The third-order valence-electron chi connectivity index (χ3n) is 3.04. The van der Waals surface area contributed by atoms with Crippen molar-refractivity contribution in [3.05, 3.63) is 66.2 Å². The summed E-state index contributed by atoms with van der Waals surface area (Å²) in [6, 6.07) is 17.9. The molecule has 0 fully saturated rings. The standard InChI is InChI=1S/C17H13N3O3S/c21-14(18-15(22)12-7-3-1-4-8-12)11-24-17-20-19-16(23-17)13-9-5-2-6-10-13/h1-10H,11H2,(H,18,21,22). The maximum atomic E-state index is 11.9. The highest BCUT2D eigenvalue weighted by molar-refractivity contribution is 7.99. The molecule has 0 bridgehead atoms. The van der Waals surface area contributed by atoms with E-state index in [9.17, 15) is 9.59 Å². The minimum atomic E-state index is -0.434. The smallest absolute Gasteiger partial charge is 0.277 e. The van der Waals surface area contributed by atoms with Gasteiger partial charge in [-0.25, -0.2) is 0 Å². The Morgan fingerprint density at radius 1 is 0.958 bits per heavy atom. The van der Waals surface area contributed by atoms with Crippen molar-refractivity contribution in [3.63, 3.8) is 0 Å². The predicted molar refractivity (Wildman–Crippen MR) is 89.4 cm³/mol. The number of nitrogens with zero attached hydrogens (tertiary/aromatic N) is 2. The fourth-order valence-electron chi connectivity index (χ4n) is 1.92. The third kappa shape index (κ3) is 4.08. The van der Waals surface area contributed by atoms with Crippen LogP contribution in [0.2, 0.25) is 0 Å². The van der Waals surface area contributed by atoms with Gasteiger partial charge in [-0.1, -0.05) is 48.2 Å². The molecule has 0 unspecified atom stereocenters. The van der Waals surface area contributed by atoms with Crippen LogP contribution in [0.4, 0.5) is 0 Å². The first-order valence-corrected chi connectivity index (χ1v) is 8.12. The zero-order valence-electron chi connectivity index (χ0n) is 12.5. The van der Waals surface area contributed by atoms with Gasteiger partial charge in [0.15, 0.2) is 0 Å². The van der Waals surface area contributed by atoms with Gasteiger partial charge >= 0.3 is 0 Å². The summed E-state index contributed by atoms with van der Waals surface area (Å²) < 4.78 is 5.49. The number of carbonyl (C=O) groups is 2. The molecule has 6 nitrogen and oxygen atoms in total. The zero-order valence-corrected chi connectivity index (χ0v) is 13.3. The van der Waals surface area contributed by atoms with Crippen LogP contribution in [0.3, 0.4) is 0 Å². The number of carbonyl (C=O) groups excluding carboxylic acids is 2. The average molecular weight is 339 g/mol. The van der Waals surface area contributed by atoms with Gasteiger partial charge in [-0.15, -0.1) is 10.2 Å². The van der Waals surface area contributed by atoms with Gasteiger partial charge in [0.25, 0.3) is 11.1 Å². The van der Waals surface area contributed by atoms with E-state index in [1.54, 1.807) is 30.3 Å². The van der Waals surface area contributed by atoms with Crippen molar-refractivity contribution in [1.29, 1.82) is 0 Å². The number of benzene rings is 2. The van der Waals surface area contributed by atoms with Crippen molar-refractivity contribution < 1.29 is 14.0 Å². The van der Waals surface area contributed by atoms with E-state index >= 15 is 0 Å². The minimum absolute atomic E-state index is 0.00893. The lowest BCUT2D eigenvalue weighted by Gasteiger charge is -2.02. The summed E-state index contributed by atoms with van der Waals surface area (Å²) in [7, 11) is 0. The predicted octanol–water partition coefficient (Wildman–Crippen LogP) is 2.79. The first kappa shape index (κ1) is 15.9. The molecule has 0 saturated carbocycles. The molecule has 1 heterocycles. The van der Waals surface area contributed by atoms with Crippen molar-refractivity contribution in [2.75, 3.05) is 5.75 Å². The summed E-state index contributed by atoms with van der Waals surface area (Å²) in [5, 5.41) is 10.4. The number of aromatic nitrogens is 2. The van der Waals surface area contributed by atoms with Crippen LogP contribution in [0.25, 0.3) is 11.5 Å². The number of nitrogens with one attached hydrogen (secondary N) is 1. The van der Waals surface area contributed by atoms with Gasteiger partial charge in [0.2, 0.25) is 11.8 Å². The van der Waals surface area contributed by atoms with Crippen molar-refractivity contribution in [1.82, 2.24) is 15.5 Å². The van der Waals surface area contributed by atoms with Gasteiger partial charge < -0.3 is 4.42 Å². The molecule has 24 heavy (non-hydrogen) atoms. The number of thioether (sulfide) groups is 1. The largest absolute Gasteiger partial charge is 0.411 e. The van der Waals surface area contributed by atoms with E-state index < -0.39 is 11.8 Å². The van der Waals surface area contributed by atoms with Gasteiger partial charge in [-0.05, 0) is 24.3 Å². The number of imide groups is 1. The van der Waals surface area contributed by atoms with Crippen LogP contribution in [0.5, 0.6) is 0 Å². The molecule has 0 atom stereocenters. The van der Waals surface area contributed by atoms with E-state index in [0.29, 0.717) is 11.5 Å². The Morgan fingerprint density at radius 3 is 2.33 bits per heavy atom. The maximum Gasteiger partial charge on any atom is 0.277 e. The molecular formula is C17H13N3O3S.